The van der Waals surface area contributed by atoms with Crippen LogP contribution in [0.4, 0.5) is 0 Å². The van der Waals surface area contributed by atoms with Gasteiger partial charge in [0.05, 0.1) is 12.7 Å². The van der Waals surface area contributed by atoms with E-state index in [9.17, 15) is 4.79 Å². The first kappa shape index (κ1) is 13.9. The number of rotatable bonds is 5. The topological polar surface area (TPSA) is 70.4 Å². The minimum atomic E-state index is -0.160. The van der Waals surface area contributed by atoms with Crippen LogP contribution in [-0.2, 0) is 11.2 Å². The third-order valence-corrected chi connectivity index (χ3v) is 3.18. The third kappa shape index (κ3) is 3.32. The van der Waals surface area contributed by atoms with E-state index in [2.05, 4.69) is 15.5 Å². The summed E-state index contributed by atoms with van der Waals surface area (Å²) in [4.78, 5) is 15.0. The van der Waals surface area contributed by atoms with Crippen LogP contribution >= 0.6 is 0 Å². The third-order valence-electron chi connectivity index (χ3n) is 3.18. The van der Waals surface area contributed by atoms with Gasteiger partial charge in [0.1, 0.15) is 5.76 Å². The van der Waals surface area contributed by atoms with Gasteiger partial charge in [-0.2, -0.15) is 5.10 Å². The monoisotopic (exact) mass is 293 g/mol. The van der Waals surface area contributed by atoms with Crippen molar-refractivity contribution in [2.45, 2.75) is 6.42 Å². The van der Waals surface area contributed by atoms with E-state index in [1.165, 1.54) is 6.21 Å². The van der Waals surface area contributed by atoms with Gasteiger partial charge in [0.25, 0.3) is 0 Å². The number of carbonyl (C=O) groups is 1. The molecule has 1 aromatic carbocycles. The lowest BCUT2D eigenvalue weighted by Crippen LogP contribution is -2.19. The van der Waals surface area contributed by atoms with Crippen LogP contribution in [0, 0.1) is 0 Å². The van der Waals surface area contributed by atoms with Crippen LogP contribution in [0.2, 0.25) is 0 Å². The molecule has 0 aliphatic carbocycles. The van der Waals surface area contributed by atoms with Crippen molar-refractivity contribution in [2.24, 2.45) is 5.10 Å². The number of hydrogen-bond acceptors (Lipinski definition) is 3. The van der Waals surface area contributed by atoms with E-state index in [1.54, 1.807) is 24.5 Å². The van der Waals surface area contributed by atoms with E-state index in [0.29, 0.717) is 0 Å². The smallest absolute Gasteiger partial charge is 0.244 e. The van der Waals surface area contributed by atoms with E-state index >= 15 is 0 Å². The Bertz CT molecular complexity index is 813. The summed E-state index contributed by atoms with van der Waals surface area (Å²) in [5.74, 6) is 0.573. The molecule has 0 saturated heterocycles. The molecule has 0 saturated carbocycles. The largest absolute Gasteiger partial charge is 0.465 e. The zero-order chi connectivity index (χ0) is 15.2. The SMILES string of the molecule is O=C(Cc1c[nH]c2ccccc12)N/N=C/C=C/c1ccco1. The number of benzene rings is 1. The number of para-hydroxylation sites is 1. The Morgan fingerprint density at radius 3 is 3.05 bits per heavy atom. The van der Waals surface area contributed by atoms with Crippen LogP contribution in [0.25, 0.3) is 17.0 Å². The van der Waals surface area contributed by atoms with Gasteiger partial charge >= 0.3 is 0 Å². The molecular formula is C17H15N3O2. The molecule has 5 nitrogen and oxygen atoms in total. The van der Waals surface area contributed by atoms with Crippen molar-refractivity contribution in [1.82, 2.24) is 10.4 Å². The molecule has 2 aromatic heterocycles. The number of hydrazone groups is 1. The highest BCUT2D eigenvalue weighted by atomic mass is 16.3. The maximum atomic E-state index is 11.9. The van der Waals surface area contributed by atoms with Crippen LogP contribution in [-0.4, -0.2) is 17.1 Å². The minimum Gasteiger partial charge on any atom is -0.465 e. The molecule has 0 aliphatic heterocycles. The second-order valence-corrected chi connectivity index (χ2v) is 4.72. The quantitative estimate of drug-likeness (QED) is 0.560. The molecule has 0 atom stereocenters. The van der Waals surface area contributed by atoms with E-state index in [4.69, 9.17) is 4.42 Å². The molecule has 3 rings (SSSR count). The van der Waals surface area contributed by atoms with Crippen LogP contribution in [0.5, 0.6) is 0 Å². The lowest BCUT2D eigenvalue weighted by atomic mass is 10.1. The molecule has 0 radical (unpaired) electrons. The first-order valence-electron chi connectivity index (χ1n) is 6.90. The molecule has 22 heavy (non-hydrogen) atoms. The van der Waals surface area contributed by atoms with Crippen molar-refractivity contribution < 1.29 is 9.21 Å². The first-order valence-corrected chi connectivity index (χ1v) is 6.90. The molecule has 1 amide bonds. The van der Waals surface area contributed by atoms with Gasteiger partial charge in [-0.05, 0) is 35.9 Å². The normalized spacial score (nSPS) is 11.6. The van der Waals surface area contributed by atoms with Gasteiger partial charge in [-0.3, -0.25) is 4.79 Å². The summed E-state index contributed by atoms with van der Waals surface area (Å²) in [6.07, 6.45) is 8.70. The summed E-state index contributed by atoms with van der Waals surface area (Å²) in [6.45, 7) is 0. The maximum absolute atomic E-state index is 11.9. The fourth-order valence-corrected chi connectivity index (χ4v) is 2.17. The average Bonchev–Trinajstić information content (AvgIpc) is 3.17. The number of fused-ring (bicyclic) bond motifs is 1. The Kier molecular flexibility index (Phi) is 4.15. The summed E-state index contributed by atoms with van der Waals surface area (Å²) in [6, 6.07) is 11.5. The van der Waals surface area contributed by atoms with Gasteiger partial charge in [0.15, 0.2) is 0 Å². The Balaban J connectivity index is 1.54. The first-order chi connectivity index (χ1) is 10.8. The van der Waals surface area contributed by atoms with Crippen molar-refractivity contribution in [2.75, 3.05) is 0 Å². The number of nitrogens with zero attached hydrogens (tertiary/aromatic N) is 1. The lowest BCUT2D eigenvalue weighted by Gasteiger charge is -1.98. The van der Waals surface area contributed by atoms with Crippen molar-refractivity contribution >= 4 is 29.1 Å². The lowest BCUT2D eigenvalue weighted by molar-refractivity contribution is -0.120. The fraction of sp³-hybridized carbons (Fsp3) is 0.0588. The molecule has 0 spiro atoms. The van der Waals surface area contributed by atoms with Gasteiger partial charge < -0.3 is 9.40 Å². The van der Waals surface area contributed by atoms with Crippen molar-refractivity contribution in [1.29, 1.82) is 0 Å². The second kappa shape index (κ2) is 6.58. The zero-order valence-corrected chi connectivity index (χ0v) is 11.8. The van der Waals surface area contributed by atoms with Gasteiger partial charge in [-0.25, -0.2) is 5.43 Å². The van der Waals surface area contributed by atoms with Crippen molar-refractivity contribution in [3.05, 3.63) is 66.3 Å². The van der Waals surface area contributed by atoms with Gasteiger partial charge in [-0.1, -0.05) is 18.2 Å². The van der Waals surface area contributed by atoms with E-state index in [0.717, 1.165) is 22.2 Å². The molecule has 5 heteroatoms. The summed E-state index contributed by atoms with van der Waals surface area (Å²) >= 11 is 0. The van der Waals surface area contributed by atoms with Crippen LogP contribution in [0.15, 0.2) is 64.5 Å². The number of allylic oxidation sites excluding steroid dienone is 1. The molecule has 0 aliphatic rings. The molecular weight excluding hydrogens is 278 g/mol. The summed E-state index contributed by atoms with van der Waals surface area (Å²) in [7, 11) is 0. The van der Waals surface area contributed by atoms with Gasteiger partial charge in [0, 0.05) is 23.3 Å². The van der Waals surface area contributed by atoms with E-state index in [1.807, 2.05) is 36.5 Å². The average molecular weight is 293 g/mol. The molecule has 2 heterocycles. The van der Waals surface area contributed by atoms with Crippen LogP contribution in [0.3, 0.4) is 0 Å². The predicted octanol–water partition coefficient (Wildman–Crippen LogP) is 3.12. The maximum Gasteiger partial charge on any atom is 0.244 e. The van der Waals surface area contributed by atoms with Crippen molar-refractivity contribution in [3.63, 3.8) is 0 Å². The highest BCUT2D eigenvalue weighted by molar-refractivity contribution is 5.89. The molecule has 3 aromatic rings. The Hall–Kier alpha value is -3.08. The number of carbonyl (C=O) groups excluding carboxylic acids is 1. The summed E-state index contributed by atoms with van der Waals surface area (Å²) in [5.41, 5.74) is 4.48. The van der Waals surface area contributed by atoms with Gasteiger partial charge in [0.2, 0.25) is 5.91 Å². The molecule has 0 bridgehead atoms. The standard InChI is InChI=1S/C17H15N3O2/c21-17(20-19-9-3-5-14-6-4-10-22-14)11-13-12-18-16-8-2-1-7-15(13)16/h1-10,12,18H,11H2,(H,20,21)/b5-3+,19-9+. The van der Waals surface area contributed by atoms with E-state index in [-0.39, 0.29) is 12.3 Å². The van der Waals surface area contributed by atoms with E-state index < -0.39 is 0 Å². The molecule has 2 N–H and O–H groups in total. The number of aromatic nitrogens is 1. The van der Waals surface area contributed by atoms with Crippen LogP contribution in [0.1, 0.15) is 11.3 Å². The van der Waals surface area contributed by atoms with Gasteiger partial charge in [-0.15, -0.1) is 0 Å². The predicted molar refractivity (Wildman–Crippen MR) is 86.4 cm³/mol. The molecule has 110 valence electrons. The highest BCUT2D eigenvalue weighted by Gasteiger charge is 2.07. The summed E-state index contributed by atoms with van der Waals surface area (Å²) < 4.78 is 5.13. The second-order valence-electron chi connectivity index (χ2n) is 4.72. The number of H-pyrrole nitrogens is 1. The Morgan fingerprint density at radius 1 is 1.27 bits per heavy atom. The van der Waals surface area contributed by atoms with Crippen molar-refractivity contribution in [3.8, 4) is 0 Å². The minimum absolute atomic E-state index is 0.160. The number of furan rings is 1. The zero-order valence-electron chi connectivity index (χ0n) is 11.8. The molecule has 0 fully saturated rings. The molecule has 0 unspecified atom stereocenters. The summed E-state index contributed by atoms with van der Waals surface area (Å²) in [5, 5.41) is 4.92. The highest BCUT2D eigenvalue weighted by Crippen LogP contribution is 2.17. The number of hydrogen-bond donors (Lipinski definition) is 2. The number of aromatic amines is 1. The Morgan fingerprint density at radius 2 is 2.18 bits per heavy atom. The fourth-order valence-electron chi connectivity index (χ4n) is 2.17. The number of amides is 1. The number of nitrogens with one attached hydrogen (secondary N) is 2. The Labute approximate surface area is 127 Å². The van der Waals surface area contributed by atoms with Crippen LogP contribution < -0.4 is 5.43 Å².